The van der Waals surface area contributed by atoms with E-state index in [0.717, 1.165) is 16.7 Å². The molecule has 0 aromatic heterocycles. The molecule has 3 aromatic carbocycles. The summed E-state index contributed by atoms with van der Waals surface area (Å²) in [6.45, 7) is 0. The number of rotatable bonds is 10. The number of benzene rings is 3. The fraction of sp³-hybridized carbons (Fsp3) is 0.231. The van der Waals surface area contributed by atoms with Crippen molar-refractivity contribution in [3.05, 3.63) is 95.6 Å². The van der Waals surface area contributed by atoms with Crippen LogP contribution in [-0.2, 0) is 35.7 Å². The monoisotopic (exact) mass is 481 g/mol. The first kappa shape index (κ1) is 25.4. The fourth-order valence-corrected chi connectivity index (χ4v) is 4.53. The van der Waals surface area contributed by atoms with Crippen molar-refractivity contribution in [1.82, 2.24) is 5.32 Å². The zero-order chi connectivity index (χ0) is 24.6. The first-order valence-corrected chi connectivity index (χ1v) is 12.4. The van der Waals surface area contributed by atoms with E-state index in [2.05, 4.69) is 5.32 Å². The van der Waals surface area contributed by atoms with Crippen LogP contribution in [0.1, 0.15) is 21.5 Å². The Morgan fingerprint density at radius 1 is 0.794 bits per heavy atom. The Morgan fingerprint density at radius 2 is 1.35 bits per heavy atom. The van der Waals surface area contributed by atoms with Crippen LogP contribution in [0.25, 0.3) is 11.1 Å². The molecule has 0 aliphatic carbocycles. The molecule has 0 heterocycles. The fourth-order valence-electron chi connectivity index (χ4n) is 3.47. The Hall–Kier alpha value is -3.25. The summed E-state index contributed by atoms with van der Waals surface area (Å²) in [6, 6.07) is 23.5. The third-order valence-electron chi connectivity index (χ3n) is 5.44. The predicted octanol–water partition coefficient (Wildman–Crippen LogP) is 4.85. The van der Waals surface area contributed by atoms with E-state index < -0.39 is 25.5 Å². The molecule has 8 heteroatoms. The molecule has 0 saturated heterocycles. The van der Waals surface area contributed by atoms with Gasteiger partial charge >= 0.3 is 13.6 Å². The summed E-state index contributed by atoms with van der Waals surface area (Å²) >= 11 is 0. The molecule has 3 aromatic rings. The number of ether oxygens (including phenoxy) is 1. The SMILES string of the molecule is COC(=O)[C@@H](Cc1ccc(-c2ccccc2)cc1)NC(=O)c1ccc(CP(=O)(OC)OC)cc1. The molecule has 7 nitrogen and oxygen atoms in total. The quantitative estimate of drug-likeness (QED) is 0.329. The second-order valence-electron chi connectivity index (χ2n) is 7.65. The molecule has 0 saturated carbocycles. The van der Waals surface area contributed by atoms with E-state index in [1.165, 1.54) is 21.3 Å². The second kappa shape index (κ2) is 11.7. The molecule has 0 fully saturated rings. The molecule has 1 amide bonds. The molecular formula is C26H28NO6P. The molecular weight excluding hydrogens is 453 g/mol. The van der Waals surface area contributed by atoms with Gasteiger partial charge in [-0.3, -0.25) is 9.36 Å². The Bertz CT molecular complexity index is 1140. The maximum absolute atomic E-state index is 12.8. The number of nitrogens with one attached hydrogen (secondary N) is 1. The third kappa shape index (κ3) is 6.64. The molecule has 178 valence electrons. The topological polar surface area (TPSA) is 90.9 Å². The second-order valence-corrected chi connectivity index (χ2v) is 9.92. The van der Waals surface area contributed by atoms with E-state index in [4.69, 9.17) is 13.8 Å². The Balaban J connectivity index is 1.68. The minimum atomic E-state index is -3.21. The van der Waals surface area contributed by atoms with Gasteiger partial charge < -0.3 is 19.1 Å². The predicted molar refractivity (Wildman–Crippen MR) is 131 cm³/mol. The Labute approximate surface area is 199 Å². The lowest BCUT2D eigenvalue weighted by molar-refractivity contribution is -0.142. The maximum Gasteiger partial charge on any atom is 0.334 e. The van der Waals surface area contributed by atoms with Gasteiger partial charge in [-0.05, 0) is 34.4 Å². The van der Waals surface area contributed by atoms with Crippen LogP contribution in [0.3, 0.4) is 0 Å². The lowest BCUT2D eigenvalue weighted by atomic mass is 10.0. The number of esters is 1. The smallest absolute Gasteiger partial charge is 0.334 e. The van der Waals surface area contributed by atoms with E-state index >= 15 is 0 Å². The van der Waals surface area contributed by atoms with Crippen LogP contribution >= 0.6 is 7.60 Å². The Morgan fingerprint density at radius 3 is 1.91 bits per heavy atom. The molecule has 0 aliphatic rings. The molecule has 3 rings (SSSR count). The summed E-state index contributed by atoms with van der Waals surface area (Å²) in [5, 5.41) is 2.75. The summed E-state index contributed by atoms with van der Waals surface area (Å²) in [6.07, 6.45) is 0.377. The van der Waals surface area contributed by atoms with E-state index in [1.54, 1.807) is 24.3 Å². The van der Waals surface area contributed by atoms with Crippen molar-refractivity contribution in [3.63, 3.8) is 0 Å². The lowest BCUT2D eigenvalue weighted by Gasteiger charge is -2.17. The van der Waals surface area contributed by atoms with Crippen LogP contribution < -0.4 is 5.32 Å². The number of carbonyl (C=O) groups excluding carboxylic acids is 2. The highest BCUT2D eigenvalue weighted by atomic mass is 31.2. The van der Waals surface area contributed by atoms with Gasteiger partial charge in [0, 0.05) is 26.2 Å². The molecule has 0 unspecified atom stereocenters. The molecule has 1 N–H and O–H groups in total. The number of amides is 1. The normalized spacial score (nSPS) is 12.1. The minimum Gasteiger partial charge on any atom is -0.467 e. The van der Waals surface area contributed by atoms with Gasteiger partial charge in [0.1, 0.15) is 6.04 Å². The van der Waals surface area contributed by atoms with Crippen molar-refractivity contribution in [2.45, 2.75) is 18.6 Å². The van der Waals surface area contributed by atoms with Gasteiger partial charge in [0.25, 0.3) is 5.91 Å². The first-order chi connectivity index (χ1) is 16.4. The van der Waals surface area contributed by atoms with Crippen molar-refractivity contribution in [2.75, 3.05) is 21.3 Å². The zero-order valence-electron chi connectivity index (χ0n) is 19.4. The largest absolute Gasteiger partial charge is 0.467 e. The first-order valence-electron chi connectivity index (χ1n) is 10.7. The number of methoxy groups -OCH3 is 1. The summed E-state index contributed by atoms with van der Waals surface area (Å²) in [7, 11) is 0.740. The van der Waals surface area contributed by atoms with Gasteiger partial charge in [-0.2, -0.15) is 0 Å². The highest BCUT2D eigenvalue weighted by Gasteiger charge is 2.24. The van der Waals surface area contributed by atoms with Gasteiger partial charge in [0.05, 0.1) is 13.3 Å². The third-order valence-corrected chi connectivity index (χ3v) is 7.31. The molecule has 0 aliphatic heterocycles. The highest BCUT2D eigenvalue weighted by molar-refractivity contribution is 7.52. The summed E-state index contributed by atoms with van der Waals surface area (Å²) in [5.74, 6) is -0.942. The van der Waals surface area contributed by atoms with E-state index in [-0.39, 0.29) is 12.6 Å². The lowest BCUT2D eigenvalue weighted by Crippen LogP contribution is -2.43. The zero-order valence-corrected chi connectivity index (χ0v) is 20.3. The van der Waals surface area contributed by atoms with Crippen LogP contribution in [0.2, 0.25) is 0 Å². The average molecular weight is 481 g/mol. The van der Waals surface area contributed by atoms with Gasteiger partial charge in [0.15, 0.2) is 0 Å². The molecule has 0 radical (unpaired) electrons. The van der Waals surface area contributed by atoms with Crippen LogP contribution in [0.15, 0.2) is 78.9 Å². The van der Waals surface area contributed by atoms with Crippen molar-refractivity contribution in [3.8, 4) is 11.1 Å². The van der Waals surface area contributed by atoms with Crippen LogP contribution in [0.4, 0.5) is 0 Å². The van der Waals surface area contributed by atoms with E-state index in [1.807, 2.05) is 54.6 Å². The molecule has 0 bridgehead atoms. The molecule has 1 atom stereocenters. The van der Waals surface area contributed by atoms with E-state index in [0.29, 0.717) is 11.1 Å². The molecule has 0 spiro atoms. The standard InChI is InChI=1S/C26H28NO6P/c1-31-26(29)24(17-19-9-13-22(14-10-19)21-7-5-4-6-8-21)27-25(28)23-15-11-20(12-16-23)18-34(30,32-2)33-3/h4-16,24H,17-18H2,1-3H3,(H,27,28)/t24-/m1/s1. The van der Waals surface area contributed by atoms with Gasteiger partial charge in [-0.15, -0.1) is 0 Å². The van der Waals surface area contributed by atoms with Crippen LogP contribution in [0.5, 0.6) is 0 Å². The average Bonchev–Trinajstić information content (AvgIpc) is 2.89. The highest BCUT2D eigenvalue weighted by Crippen LogP contribution is 2.49. The van der Waals surface area contributed by atoms with Gasteiger partial charge in [-0.25, -0.2) is 4.79 Å². The summed E-state index contributed by atoms with van der Waals surface area (Å²) in [4.78, 5) is 25.1. The van der Waals surface area contributed by atoms with Crippen molar-refractivity contribution in [1.29, 1.82) is 0 Å². The number of carbonyl (C=O) groups is 2. The maximum atomic E-state index is 12.8. The number of hydrogen-bond acceptors (Lipinski definition) is 6. The van der Waals surface area contributed by atoms with Gasteiger partial charge in [-0.1, -0.05) is 66.7 Å². The van der Waals surface area contributed by atoms with Crippen molar-refractivity contribution >= 4 is 19.5 Å². The van der Waals surface area contributed by atoms with Crippen molar-refractivity contribution in [2.24, 2.45) is 0 Å². The minimum absolute atomic E-state index is 0.0889. The summed E-state index contributed by atoms with van der Waals surface area (Å²) < 4.78 is 27.1. The molecule has 34 heavy (non-hydrogen) atoms. The van der Waals surface area contributed by atoms with Crippen LogP contribution in [-0.4, -0.2) is 39.2 Å². The van der Waals surface area contributed by atoms with Crippen molar-refractivity contribution < 1.29 is 27.9 Å². The van der Waals surface area contributed by atoms with Crippen LogP contribution in [0, 0.1) is 0 Å². The summed E-state index contributed by atoms with van der Waals surface area (Å²) in [5.41, 5.74) is 4.12. The number of hydrogen-bond donors (Lipinski definition) is 1. The van der Waals surface area contributed by atoms with Gasteiger partial charge in [0.2, 0.25) is 0 Å². The van der Waals surface area contributed by atoms with E-state index in [9.17, 15) is 14.2 Å². The Kier molecular flexibility index (Phi) is 8.77.